The van der Waals surface area contributed by atoms with Crippen LogP contribution in [0.15, 0.2) is 17.4 Å². The molecule has 23 heavy (non-hydrogen) atoms. The van der Waals surface area contributed by atoms with Crippen LogP contribution in [0.5, 0.6) is 0 Å². The van der Waals surface area contributed by atoms with Gasteiger partial charge in [-0.05, 0) is 25.8 Å². The van der Waals surface area contributed by atoms with Gasteiger partial charge in [0.2, 0.25) is 0 Å². The maximum Gasteiger partial charge on any atom is 0.191 e. The Balaban J connectivity index is 0.00000484. The summed E-state index contributed by atoms with van der Waals surface area (Å²) in [7, 11) is 1.67. The Hall–Kier alpha value is -0.870. The third-order valence-electron chi connectivity index (χ3n) is 2.89. The van der Waals surface area contributed by atoms with E-state index >= 15 is 0 Å². The normalized spacial score (nSPS) is 11.2. The standard InChI is InChI=1S/C15H29N5O2.HI/c1-4-16-15(17-6-5-9-22-11-10-21-3)18-7-8-20-13-14(2)12-19-20;/h12-13H,4-11H2,1-3H3,(H2,16,17,18);1H. The van der Waals surface area contributed by atoms with Crippen molar-refractivity contribution in [2.45, 2.75) is 26.8 Å². The topological polar surface area (TPSA) is 72.7 Å². The molecule has 1 aromatic heterocycles. The number of guanidine groups is 1. The van der Waals surface area contributed by atoms with Gasteiger partial charge in [0.1, 0.15) is 0 Å². The molecule has 0 aliphatic carbocycles. The summed E-state index contributed by atoms with van der Waals surface area (Å²) in [6, 6.07) is 0. The molecule has 0 radical (unpaired) electrons. The first-order valence-electron chi connectivity index (χ1n) is 7.84. The SMILES string of the molecule is CCNC(=NCCCOCCOC)NCCn1cc(C)cn1.I. The highest BCUT2D eigenvalue weighted by Crippen LogP contribution is 1.93. The lowest BCUT2D eigenvalue weighted by molar-refractivity contribution is 0.0702. The van der Waals surface area contributed by atoms with Gasteiger partial charge in [-0.1, -0.05) is 0 Å². The van der Waals surface area contributed by atoms with Crippen LogP contribution in [0.1, 0.15) is 18.9 Å². The fourth-order valence-electron chi connectivity index (χ4n) is 1.82. The van der Waals surface area contributed by atoms with E-state index in [2.05, 4.69) is 27.6 Å². The zero-order valence-corrected chi connectivity index (χ0v) is 16.7. The Morgan fingerprint density at radius 1 is 1.30 bits per heavy atom. The number of nitrogens with one attached hydrogen (secondary N) is 2. The van der Waals surface area contributed by atoms with Crippen molar-refractivity contribution in [3.63, 3.8) is 0 Å². The van der Waals surface area contributed by atoms with E-state index in [9.17, 15) is 0 Å². The van der Waals surface area contributed by atoms with E-state index in [4.69, 9.17) is 9.47 Å². The number of aryl methyl sites for hydroxylation is 1. The van der Waals surface area contributed by atoms with Gasteiger partial charge in [-0.3, -0.25) is 9.67 Å². The van der Waals surface area contributed by atoms with E-state index < -0.39 is 0 Å². The fraction of sp³-hybridized carbons (Fsp3) is 0.733. The average molecular weight is 439 g/mol. The second-order valence-electron chi connectivity index (χ2n) is 4.93. The zero-order chi connectivity index (χ0) is 16.0. The van der Waals surface area contributed by atoms with E-state index in [0.717, 1.165) is 38.6 Å². The minimum Gasteiger partial charge on any atom is -0.382 e. The smallest absolute Gasteiger partial charge is 0.191 e. The van der Waals surface area contributed by atoms with Gasteiger partial charge in [0.25, 0.3) is 0 Å². The first-order valence-corrected chi connectivity index (χ1v) is 7.84. The number of ether oxygens (including phenoxy) is 2. The number of nitrogens with zero attached hydrogens (tertiary/aromatic N) is 3. The van der Waals surface area contributed by atoms with Gasteiger partial charge < -0.3 is 20.1 Å². The Labute approximate surface area is 156 Å². The van der Waals surface area contributed by atoms with Gasteiger partial charge in [-0.2, -0.15) is 5.10 Å². The Kier molecular flexibility index (Phi) is 14.1. The number of methoxy groups -OCH3 is 1. The molecule has 1 rings (SSSR count). The lowest BCUT2D eigenvalue weighted by atomic mass is 10.4. The van der Waals surface area contributed by atoms with Crippen molar-refractivity contribution >= 4 is 29.9 Å². The largest absolute Gasteiger partial charge is 0.382 e. The quantitative estimate of drug-likeness (QED) is 0.236. The predicted octanol–water partition coefficient (Wildman–Crippen LogP) is 1.42. The van der Waals surface area contributed by atoms with Crippen LogP contribution in [0.25, 0.3) is 0 Å². The van der Waals surface area contributed by atoms with E-state index in [1.165, 1.54) is 5.56 Å². The molecule has 0 spiro atoms. The molecular weight excluding hydrogens is 409 g/mol. The Morgan fingerprint density at radius 3 is 2.78 bits per heavy atom. The zero-order valence-electron chi connectivity index (χ0n) is 14.4. The maximum absolute atomic E-state index is 5.41. The number of aliphatic imine (C=N–C) groups is 1. The van der Waals surface area contributed by atoms with Crippen molar-refractivity contribution in [3.8, 4) is 0 Å². The highest BCUT2D eigenvalue weighted by molar-refractivity contribution is 14.0. The van der Waals surface area contributed by atoms with Crippen LogP contribution in [-0.2, 0) is 16.0 Å². The van der Waals surface area contributed by atoms with Gasteiger partial charge in [-0.15, -0.1) is 24.0 Å². The molecule has 0 unspecified atom stereocenters. The molecular formula is C15H30IN5O2. The van der Waals surface area contributed by atoms with Crippen LogP contribution < -0.4 is 10.6 Å². The van der Waals surface area contributed by atoms with Crippen LogP contribution in [0.4, 0.5) is 0 Å². The van der Waals surface area contributed by atoms with Crippen molar-refractivity contribution in [1.82, 2.24) is 20.4 Å². The predicted molar refractivity (Wildman–Crippen MR) is 104 cm³/mol. The lowest BCUT2D eigenvalue weighted by Gasteiger charge is -2.11. The molecule has 0 atom stereocenters. The molecule has 0 aliphatic heterocycles. The highest BCUT2D eigenvalue weighted by atomic mass is 127. The summed E-state index contributed by atoms with van der Waals surface area (Å²) in [4.78, 5) is 4.52. The van der Waals surface area contributed by atoms with E-state index in [-0.39, 0.29) is 24.0 Å². The van der Waals surface area contributed by atoms with Crippen LogP contribution in [0, 0.1) is 6.92 Å². The molecule has 2 N–H and O–H groups in total. The molecule has 1 aromatic rings. The van der Waals surface area contributed by atoms with E-state index in [0.29, 0.717) is 19.8 Å². The Morgan fingerprint density at radius 2 is 2.13 bits per heavy atom. The molecule has 8 heteroatoms. The van der Waals surface area contributed by atoms with Gasteiger partial charge in [-0.25, -0.2) is 0 Å². The summed E-state index contributed by atoms with van der Waals surface area (Å²) in [6.45, 7) is 9.27. The number of aromatic nitrogens is 2. The number of hydrogen-bond donors (Lipinski definition) is 2. The van der Waals surface area contributed by atoms with Crippen LogP contribution >= 0.6 is 24.0 Å². The third-order valence-corrected chi connectivity index (χ3v) is 2.89. The summed E-state index contributed by atoms with van der Waals surface area (Å²) in [5.41, 5.74) is 1.18. The number of halogens is 1. The van der Waals surface area contributed by atoms with Gasteiger partial charge in [0.15, 0.2) is 5.96 Å². The molecule has 1 heterocycles. The van der Waals surface area contributed by atoms with Crippen molar-refractivity contribution in [2.24, 2.45) is 4.99 Å². The summed E-state index contributed by atoms with van der Waals surface area (Å²) >= 11 is 0. The molecule has 134 valence electrons. The lowest BCUT2D eigenvalue weighted by Crippen LogP contribution is -2.39. The molecule has 0 amide bonds. The monoisotopic (exact) mass is 439 g/mol. The van der Waals surface area contributed by atoms with Crippen molar-refractivity contribution in [2.75, 3.05) is 46.6 Å². The van der Waals surface area contributed by atoms with E-state index in [1.807, 2.05) is 24.0 Å². The maximum atomic E-state index is 5.41. The second kappa shape index (κ2) is 14.7. The molecule has 0 aliphatic rings. The van der Waals surface area contributed by atoms with Crippen molar-refractivity contribution in [3.05, 3.63) is 18.0 Å². The molecule has 0 bridgehead atoms. The summed E-state index contributed by atoms with van der Waals surface area (Å²) in [5, 5.41) is 10.8. The van der Waals surface area contributed by atoms with E-state index in [1.54, 1.807) is 7.11 Å². The van der Waals surface area contributed by atoms with Gasteiger partial charge in [0, 0.05) is 39.5 Å². The first-order chi connectivity index (χ1) is 10.8. The van der Waals surface area contributed by atoms with Gasteiger partial charge >= 0.3 is 0 Å². The fourth-order valence-corrected chi connectivity index (χ4v) is 1.82. The third kappa shape index (κ3) is 11.3. The van der Waals surface area contributed by atoms with Crippen LogP contribution in [-0.4, -0.2) is 62.3 Å². The summed E-state index contributed by atoms with van der Waals surface area (Å²) in [5.74, 6) is 0.836. The molecule has 7 nitrogen and oxygen atoms in total. The van der Waals surface area contributed by atoms with Crippen molar-refractivity contribution in [1.29, 1.82) is 0 Å². The summed E-state index contributed by atoms with van der Waals surface area (Å²) in [6.07, 6.45) is 4.80. The molecule has 0 saturated carbocycles. The molecule has 0 fully saturated rings. The highest BCUT2D eigenvalue weighted by Gasteiger charge is 1.98. The second-order valence-corrected chi connectivity index (χ2v) is 4.93. The number of rotatable bonds is 11. The first kappa shape index (κ1) is 22.1. The van der Waals surface area contributed by atoms with Gasteiger partial charge in [0.05, 0.1) is 26.0 Å². The van der Waals surface area contributed by atoms with Crippen LogP contribution in [0.2, 0.25) is 0 Å². The minimum atomic E-state index is 0. The minimum absolute atomic E-state index is 0. The molecule has 0 saturated heterocycles. The molecule has 0 aromatic carbocycles. The van der Waals surface area contributed by atoms with Crippen molar-refractivity contribution < 1.29 is 9.47 Å². The Bertz CT molecular complexity index is 426. The number of hydrogen-bond acceptors (Lipinski definition) is 4. The van der Waals surface area contributed by atoms with Crippen LogP contribution in [0.3, 0.4) is 0 Å². The summed E-state index contributed by atoms with van der Waals surface area (Å²) < 4.78 is 12.3. The average Bonchev–Trinajstić information content (AvgIpc) is 2.92.